The molecular formula is C16H17NO2. The molecule has 3 nitrogen and oxygen atoms in total. The third kappa shape index (κ3) is 3.85. The molecule has 0 aliphatic rings. The highest BCUT2D eigenvalue weighted by atomic mass is 16.3. The molecule has 0 bridgehead atoms. The minimum absolute atomic E-state index is 0.0676. The molecule has 0 saturated carbocycles. The van der Waals surface area contributed by atoms with E-state index in [1.807, 2.05) is 42.5 Å². The Labute approximate surface area is 112 Å². The van der Waals surface area contributed by atoms with Crippen molar-refractivity contribution in [3.8, 4) is 5.75 Å². The van der Waals surface area contributed by atoms with Gasteiger partial charge in [0.05, 0.1) is 0 Å². The summed E-state index contributed by atoms with van der Waals surface area (Å²) < 4.78 is 0. The average Bonchev–Trinajstić information content (AvgIpc) is 2.39. The normalized spacial score (nSPS) is 10.2. The first-order chi connectivity index (χ1) is 9.15. The van der Waals surface area contributed by atoms with Crippen LogP contribution < -0.4 is 5.32 Å². The van der Waals surface area contributed by atoms with E-state index in [0.717, 1.165) is 24.1 Å². The number of nitrogens with one attached hydrogen (secondary N) is 1. The fourth-order valence-electron chi connectivity index (χ4n) is 1.96. The predicted molar refractivity (Wildman–Crippen MR) is 76.3 cm³/mol. The minimum atomic E-state index is -0.0676. The van der Waals surface area contributed by atoms with E-state index in [0.29, 0.717) is 5.75 Å². The van der Waals surface area contributed by atoms with E-state index in [2.05, 4.69) is 5.32 Å². The van der Waals surface area contributed by atoms with Crippen molar-refractivity contribution in [3.63, 3.8) is 0 Å². The van der Waals surface area contributed by atoms with Crippen LogP contribution in [0.4, 0.5) is 5.69 Å². The van der Waals surface area contributed by atoms with Gasteiger partial charge in [-0.2, -0.15) is 0 Å². The maximum Gasteiger partial charge on any atom is 0.221 e. The molecule has 1 amide bonds. The number of aryl methyl sites for hydroxylation is 2. The number of phenolic OH excluding ortho intramolecular Hbond substituents is 1. The van der Waals surface area contributed by atoms with Gasteiger partial charge in [0.15, 0.2) is 0 Å². The molecule has 98 valence electrons. The van der Waals surface area contributed by atoms with E-state index >= 15 is 0 Å². The van der Waals surface area contributed by atoms with Crippen molar-refractivity contribution in [1.82, 2.24) is 0 Å². The lowest BCUT2D eigenvalue weighted by atomic mass is 10.0. The molecule has 0 aliphatic heterocycles. The first kappa shape index (κ1) is 13.1. The van der Waals surface area contributed by atoms with Crippen LogP contribution in [0.1, 0.15) is 18.1 Å². The summed E-state index contributed by atoms with van der Waals surface area (Å²) in [7, 11) is 0. The van der Waals surface area contributed by atoms with Crippen LogP contribution in [0.15, 0.2) is 48.5 Å². The zero-order valence-electron chi connectivity index (χ0n) is 10.9. The molecule has 2 rings (SSSR count). The highest BCUT2D eigenvalue weighted by molar-refractivity contribution is 5.88. The topological polar surface area (TPSA) is 49.3 Å². The van der Waals surface area contributed by atoms with E-state index < -0.39 is 0 Å². The van der Waals surface area contributed by atoms with Gasteiger partial charge in [-0.25, -0.2) is 0 Å². The third-order valence-corrected chi connectivity index (χ3v) is 2.95. The molecule has 0 aromatic heterocycles. The highest BCUT2D eigenvalue weighted by Gasteiger charge is 2.01. The van der Waals surface area contributed by atoms with Crippen molar-refractivity contribution >= 4 is 11.6 Å². The number of carbonyl (C=O) groups excluding carboxylic acids is 1. The smallest absolute Gasteiger partial charge is 0.221 e. The molecule has 3 heteroatoms. The summed E-state index contributed by atoms with van der Waals surface area (Å²) in [5.74, 6) is 0.277. The molecular weight excluding hydrogens is 238 g/mol. The first-order valence-electron chi connectivity index (χ1n) is 6.28. The van der Waals surface area contributed by atoms with Gasteiger partial charge in [0, 0.05) is 12.6 Å². The summed E-state index contributed by atoms with van der Waals surface area (Å²) in [6.45, 7) is 1.49. The van der Waals surface area contributed by atoms with Crippen LogP contribution in [0.2, 0.25) is 0 Å². The number of para-hydroxylation sites is 1. The first-order valence-corrected chi connectivity index (χ1v) is 6.28. The fourth-order valence-corrected chi connectivity index (χ4v) is 1.96. The molecule has 2 aromatic carbocycles. The zero-order valence-corrected chi connectivity index (χ0v) is 10.9. The summed E-state index contributed by atoms with van der Waals surface area (Å²) in [5, 5.41) is 12.4. The van der Waals surface area contributed by atoms with Gasteiger partial charge < -0.3 is 10.4 Å². The zero-order chi connectivity index (χ0) is 13.7. The summed E-state index contributed by atoms with van der Waals surface area (Å²) in [4.78, 5) is 10.9. The predicted octanol–water partition coefficient (Wildman–Crippen LogP) is 3.14. The molecule has 0 aliphatic carbocycles. The fraction of sp³-hybridized carbons (Fsp3) is 0.188. The van der Waals surface area contributed by atoms with Crippen molar-refractivity contribution < 1.29 is 9.90 Å². The Morgan fingerprint density at radius 3 is 2.37 bits per heavy atom. The maximum absolute atomic E-state index is 10.9. The second kappa shape index (κ2) is 6.05. The lowest BCUT2D eigenvalue weighted by molar-refractivity contribution is -0.114. The van der Waals surface area contributed by atoms with Crippen LogP contribution in [0.3, 0.4) is 0 Å². The minimum Gasteiger partial charge on any atom is -0.508 e. The van der Waals surface area contributed by atoms with E-state index in [1.54, 1.807) is 6.07 Å². The van der Waals surface area contributed by atoms with Crippen molar-refractivity contribution in [3.05, 3.63) is 59.7 Å². The number of amides is 1. The van der Waals surface area contributed by atoms with Crippen LogP contribution in [-0.4, -0.2) is 11.0 Å². The number of benzene rings is 2. The second-order valence-corrected chi connectivity index (χ2v) is 4.51. The molecule has 2 aromatic rings. The van der Waals surface area contributed by atoms with Gasteiger partial charge in [0.25, 0.3) is 0 Å². The number of carbonyl (C=O) groups is 1. The Bertz CT molecular complexity index is 561. The Kier molecular flexibility index (Phi) is 4.18. The number of anilines is 1. The van der Waals surface area contributed by atoms with Crippen molar-refractivity contribution in [2.24, 2.45) is 0 Å². The standard InChI is InChI=1S/C16H17NO2/c1-12(18)17-15-10-7-13(8-11-15)6-9-14-4-2-3-5-16(14)19/h2-5,7-8,10-11,19H,6,9H2,1H3,(H,17,18). The molecule has 0 saturated heterocycles. The number of phenols is 1. The highest BCUT2D eigenvalue weighted by Crippen LogP contribution is 2.18. The van der Waals surface area contributed by atoms with Crippen molar-refractivity contribution in [2.75, 3.05) is 5.32 Å². The van der Waals surface area contributed by atoms with Crippen LogP contribution >= 0.6 is 0 Å². The van der Waals surface area contributed by atoms with Gasteiger partial charge in [-0.1, -0.05) is 30.3 Å². The number of aromatic hydroxyl groups is 1. The van der Waals surface area contributed by atoms with Gasteiger partial charge in [-0.05, 0) is 42.2 Å². The summed E-state index contributed by atoms with van der Waals surface area (Å²) in [5.41, 5.74) is 2.93. The molecule has 2 N–H and O–H groups in total. The van der Waals surface area contributed by atoms with Gasteiger partial charge in [-0.3, -0.25) is 4.79 Å². The molecule has 0 radical (unpaired) electrons. The van der Waals surface area contributed by atoms with Crippen LogP contribution in [-0.2, 0) is 17.6 Å². The lowest BCUT2D eigenvalue weighted by Crippen LogP contribution is -2.05. The van der Waals surface area contributed by atoms with Gasteiger partial charge in [0.2, 0.25) is 5.91 Å². The number of hydrogen-bond donors (Lipinski definition) is 2. The SMILES string of the molecule is CC(=O)Nc1ccc(CCc2ccccc2O)cc1. The van der Waals surface area contributed by atoms with Gasteiger partial charge in [0.1, 0.15) is 5.75 Å². The van der Waals surface area contributed by atoms with Gasteiger partial charge >= 0.3 is 0 Å². The van der Waals surface area contributed by atoms with E-state index in [4.69, 9.17) is 0 Å². The summed E-state index contributed by atoms with van der Waals surface area (Å²) in [6.07, 6.45) is 1.66. The summed E-state index contributed by atoms with van der Waals surface area (Å²) >= 11 is 0. The Morgan fingerprint density at radius 2 is 1.74 bits per heavy atom. The van der Waals surface area contributed by atoms with Crippen molar-refractivity contribution in [2.45, 2.75) is 19.8 Å². The van der Waals surface area contributed by atoms with Crippen molar-refractivity contribution in [1.29, 1.82) is 0 Å². The lowest BCUT2D eigenvalue weighted by Gasteiger charge is -2.06. The summed E-state index contributed by atoms with van der Waals surface area (Å²) in [6, 6.07) is 15.1. The quantitative estimate of drug-likeness (QED) is 0.881. The average molecular weight is 255 g/mol. The Morgan fingerprint density at radius 1 is 1.05 bits per heavy atom. The van der Waals surface area contributed by atoms with E-state index in [9.17, 15) is 9.90 Å². The Hall–Kier alpha value is -2.29. The third-order valence-electron chi connectivity index (χ3n) is 2.95. The number of rotatable bonds is 4. The maximum atomic E-state index is 10.9. The molecule has 0 atom stereocenters. The largest absolute Gasteiger partial charge is 0.508 e. The van der Waals surface area contributed by atoms with Gasteiger partial charge in [-0.15, -0.1) is 0 Å². The molecule has 0 heterocycles. The second-order valence-electron chi connectivity index (χ2n) is 4.51. The van der Waals surface area contributed by atoms with E-state index in [-0.39, 0.29) is 5.91 Å². The molecule has 0 spiro atoms. The molecule has 0 fully saturated rings. The van der Waals surface area contributed by atoms with E-state index in [1.165, 1.54) is 12.5 Å². The molecule has 19 heavy (non-hydrogen) atoms. The van der Waals surface area contributed by atoms with Crippen LogP contribution in [0.25, 0.3) is 0 Å². The van der Waals surface area contributed by atoms with Crippen LogP contribution in [0.5, 0.6) is 5.75 Å². The Balaban J connectivity index is 1.97. The van der Waals surface area contributed by atoms with Crippen LogP contribution in [0, 0.1) is 0 Å². The monoisotopic (exact) mass is 255 g/mol. The number of hydrogen-bond acceptors (Lipinski definition) is 2. The molecule has 0 unspecified atom stereocenters.